The molecule has 0 aliphatic carbocycles. The van der Waals surface area contributed by atoms with Crippen molar-refractivity contribution >= 4 is 0 Å². The summed E-state index contributed by atoms with van der Waals surface area (Å²) in [6.45, 7) is 3.89. The van der Waals surface area contributed by atoms with Crippen molar-refractivity contribution in [3.63, 3.8) is 0 Å². The highest BCUT2D eigenvalue weighted by Crippen LogP contribution is 2.13. The lowest BCUT2D eigenvalue weighted by atomic mass is 10.1. The fourth-order valence-corrected chi connectivity index (χ4v) is 1.23. The number of nitro groups is 1. The molecule has 0 saturated carbocycles. The van der Waals surface area contributed by atoms with Crippen molar-refractivity contribution in [3.05, 3.63) is 39.9 Å². The summed E-state index contributed by atoms with van der Waals surface area (Å²) in [5.74, 6) is 0.801. The molecule has 0 atom stereocenters. The molecule has 0 saturated heterocycles. The van der Waals surface area contributed by atoms with Crippen LogP contribution in [0.15, 0.2) is 24.3 Å². The van der Waals surface area contributed by atoms with E-state index in [4.69, 9.17) is 4.74 Å². The summed E-state index contributed by atoms with van der Waals surface area (Å²) in [4.78, 5) is 9.86. The number of hydrogen-bond acceptors (Lipinski definition) is 3. The van der Waals surface area contributed by atoms with Gasteiger partial charge in [-0.1, -0.05) is 12.1 Å². The molecule has 0 radical (unpaired) electrons. The summed E-state index contributed by atoms with van der Waals surface area (Å²) in [7, 11) is 0. The summed E-state index contributed by atoms with van der Waals surface area (Å²) in [5, 5.41) is 10.2. The van der Waals surface area contributed by atoms with Gasteiger partial charge in [0.1, 0.15) is 5.75 Å². The molecule has 0 heterocycles. The lowest BCUT2D eigenvalue weighted by Gasteiger charge is -2.09. The Kier molecular flexibility index (Phi) is 4.09. The smallest absolute Gasteiger partial charge is 0.207 e. The second-order valence-corrected chi connectivity index (χ2v) is 3.62. The highest BCUT2D eigenvalue weighted by atomic mass is 16.6. The first-order valence-corrected chi connectivity index (χ1v) is 4.95. The Bertz CT molecular complexity index is 319. The van der Waals surface area contributed by atoms with Crippen LogP contribution in [0, 0.1) is 10.1 Å². The Morgan fingerprint density at radius 3 is 2.40 bits per heavy atom. The van der Waals surface area contributed by atoms with E-state index in [0.717, 1.165) is 11.3 Å². The van der Waals surface area contributed by atoms with Gasteiger partial charge in [0, 0.05) is 11.3 Å². The first-order chi connectivity index (χ1) is 7.08. The Labute approximate surface area is 89.0 Å². The molecule has 0 fully saturated rings. The fourth-order valence-electron chi connectivity index (χ4n) is 1.23. The quantitative estimate of drug-likeness (QED) is 0.552. The summed E-state index contributed by atoms with van der Waals surface area (Å²) in [6, 6.07) is 7.41. The van der Waals surface area contributed by atoms with Gasteiger partial charge in [-0.3, -0.25) is 10.1 Å². The van der Waals surface area contributed by atoms with Crippen molar-refractivity contribution in [3.8, 4) is 5.75 Å². The van der Waals surface area contributed by atoms with E-state index in [9.17, 15) is 10.1 Å². The number of ether oxygens (including phenoxy) is 1. The molecule has 0 aromatic heterocycles. The minimum atomic E-state index is -0.307. The third-order valence-electron chi connectivity index (χ3n) is 1.88. The molecule has 1 rings (SSSR count). The number of rotatable bonds is 5. The van der Waals surface area contributed by atoms with Crippen LogP contribution in [0.3, 0.4) is 0 Å². The van der Waals surface area contributed by atoms with Gasteiger partial charge >= 0.3 is 0 Å². The van der Waals surface area contributed by atoms with Crippen LogP contribution in [-0.2, 0) is 6.42 Å². The maximum Gasteiger partial charge on any atom is 0.207 e. The van der Waals surface area contributed by atoms with Crippen molar-refractivity contribution < 1.29 is 9.66 Å². The van der Waals surface area contributed by atoms with E-state index in [-0.39, 0.29) is 17.6 Å². The molecule has 0 N–H and O–H groups in total. The Hall–Kier alpha value is -1.58. The molecular formula is C11H15NO3. The lowest BCUT2D eigenvalue weighted by Crippen LogP contribution is -2.06. The van der Waals surface area contributed by atoms with Gasteiger partial charge in [-0.25, -0.2) is 0 Å². The second-order valence-electron chi connectivity index (χ2n) is 3.62. The Morgan fingerprint density at radius 2 is 1.93 bits per heavy atom. The number of nitrogens with zero attached hydrogens (tertiary/aromatic N) is 1. The topological polar surface area (TPSA) is 52.4 Å². The largest absolute Gasteiger partial charge is 0.491 e. The van der Waals surface area contributed by atoms with E-state index >= 15 is 0 Å². The van der Waals surface area contributed by atoms with Crippen molar-refractivity contribution in [2.24, 2.45) is 0 Å². The Morgan fingerprint density at radius 1 is 1.33 bits per heavy atom. The summed E-state index contributed by atoms with van der Waals surface area (Å²) in [5.41, 5.74) is 0.961. The molecule has 1 aromatic rings. The van der Waals surface area contributed by atoms with Crippen molar-refractivity contribution in [2.45, 2.75) is 26.4 Å². The monoisotopic (exact) mass is 209 g/mol. The van der Waals surface area contributed by atoms with E-state index in [1.54, 1.807) is 0 Å². The van der Waals surface area contributed by atoms with Crippen molar-refractivity contribution in [1.82, 2.24) is 0 Å². The molecule has 1 aromatic carbocycles. The average molecular weight is 209 g/mol. The van der Waals surface area contributed by atoms with Crippen molar-refractivity contribution in [1.29, 1.82) is 0 Å². The van der Waals surface area contributed by atoms with Gasteiger partial charge in [0.2, 0.25) is 6.54 Å². The van der Waals surface area contributed by atoms with E-state index in [1.165, 1.54) is 0 Å². The molecule has 0 bridgehead atoms. The first-order valence-electron chi connectivity index (χ1n) is 4.95. The zero-order valence-corrected chi connectivity index (χ0v) is 8.97. The number of hydrogen-bond donors (Lipinski definition) is 0. The van der Waals surface area contributed by atoms with E-state index in [1.807, 2.05) is 38.1 Å². The highest BCUT2D eigenvalue weighted by Gasteiger charge is 2.01. The summed E-state index contributed by atoms with van der Waals surface area (Å²) < 4.78 is 5.46. The standard InChI is InChI=1S/C11H15NO3/c1-9(2)15-11-5-3-10(4-6-11)7-8-12(13)14/h3-6,9H,7-8H2,1-2H3. The van der Waals surface area contributed by atoms with Crippen LogP contribution >= 0.6 is 0 Å². The van der Waals surface area contributed by atoms with Crippen LogP contribution in [0.5, 0.6) is 5.75 Å². The van der Waals surface area contributed by atoms with E-state index in [2.05, 4.69) is 0 Å². The Balaban J connectivity index is 2.52. The molecule has 0 amide bonds. The fraction of sp³-hybridized carbons (Fsp3) is 0.455. The minimum absolute atomic E-state index is 0.0234. The zero-order chi connectivity index (χ0) is 11.3. The first kappa shape index (κ1) is 11.5. The van der Waals surface area contributed by atoms with Crippen LogP contribution < -0.4 is 4.74 Å². The van der Waals surface area contributed by atoms with Gasteiger partial charge in [-0.15, -0.1) is 0 Å². The highest BCUT2D eigenvalue weighted by molar-refractivity contribution is 5.27. The molecule has 0 spiro atoms. The van der Waals surface area contributed by atoms with Gasteiger partial charge in [0.15, 0.2) is 0 Å². The normalized spacial score (nSPS) is 10.3. The lowest BCUT2D eigenvalue weighted by molar-refractivity contribution is -0.479. The summed E-state index contributed by atoms with van der Waals surface area (Å²) in [6.07, 6.45) is 0.615. The van der Waals surface area contributed by atoms with Crippen LogP contribution in [-0.4, -0.2) is 17.6 Å². The summed E-state index contributed by atoms with van der Waals surface area (Å²) >= 11 is 0. The van der Waals surface area contributed by atoms with Gasteiger partial charge in [0.05, 0.1) is 6.10 Å². The second kappa shape index (κ2) is 5.34. The van der Waals surface area contributed by atoms with Crippen LogP contribution in [0.25, 0.3) is 0 Å². The van der Waals surface area contributed by atoms with Crippen LogP contribution in [0.1, 0.15) is 19.4 Å². The van der Waals surface area contributed by atoms with E-state index in [0.29, 0.717) is 6.42 Å². The maximum atomic E-state index is 10.2. The molecule has 0 aliphatic heterocycles. The molecule has 0 aliphatic rings. The molecule has 0 unspecified atom stereocenters. The van der Waals surface area contributed by atoms with E-state index < -0.39 is 0 Å². The minimum Gasteiger partial charge on any atom is -0.491 e. The average Bonchev–Trinajstić information content (AvgIpc) is 2.16. The third kappa shape index (κ3) is 4.44. The predicted octanol–water partition coefficient (Wildman–Crippen LogP) is 2.29. The molecule has 82 valence electrons. The predicted molar refractivity (Wildman–Crippen MR) is 57.8 cm³/mol. The van der Waals surface area contributed by atoms with Gasteiger partial charge in [0.25, 0.3) is 0 Å². The molecule has 15 heavy (non-hydrogen) atoms. The van der Waals surface area contributed by atoms with Crippen molar-refractivity contribution in [2.75, 3.05) is 6.54 Å². The van der Waals surface area contributed by atoms with Crippen LogP contribution in [0.4, 0.5) is 0 Å². The van der Waals surface area contributed by atoms with Gasteiger partial charge in [-0.05, 0) is 31.5 Å². The third-order valence-corrected chi connectivity index (χ3v) is 1.88. The van der Waals surface area contributed by atoms with Crippen LogP contribution in [0.2, 0.25) is 0 Å². The number of benzene rings is 1. The molecule has 4 heteroatoms. The molecule has 4 nitrogen and oxygen atoms in total. The zero-order valence-electron chi connectivity index (χ0n) is 8.97. The maximum absolute atomic E-state index is 10.2. The van der Waals surface area contributed by atoms with Gasteiger partial charge in [-0.2, -0.15) is 0 Å². The van der Waals surface area contributed by atoms with Gasteiger partial charge < -0.3 is 4.74 Å². The SMILES string of the molecule is CC(C)Oc1ccc(CC[N+](=O)[O-])cc1. The molecular weight excluding hydrogens is 194 g/mol.